The Morgan fingerprint density at radius 3 is 2.39 bits per heavy atom. The Labute approximate surface area is 223 Å². The van der Waals surface area contributed by atoms with Gasteiger partial charge in [-0.2, -0.15) is 8.42 Å². The number of rotatable bonds is 7. The Morgan fingerprint density at radius 1 is 1.08 bits per heavy atom. The summed E-state index contributed by atoms with van der Waals surface area (Å²) >= 11 is 0. The molecule has 0 bridgehead atoms. The molecule has 11 heteroatoms. The minimum absolute atomic E-state index is 0.00423. The predicted molar refractivity (Wildman–Crippen MR) is 146 cm³/mol. The van der Waals surface area contributed by atoms with E-state index in [0.717, 1.165) is 12.0 Å². The molecule has 1 aliphatic heterocycles. The molecular formula is C27H34N6O4S. The van der Waals surface area contributed by atoms with E-state index in [1.807, 2.05) is 19.9 Å². The minimum atomic E-state index is -4.26. The van der Waals surface area contributed by atoms with Gasteiger partial charge in [-0.25, -0.2) is 19.7 Å². The van der Waals surface area contributed by atoms with E-state index < -0.39 is 15.9 Å². The van der Waals surface area contributed by atoms with Crippen molar-refractivity contribution in [3.8, 4) is 17.1 Å². The number of nitrogen functional groups attached to an aromatic ring is 1. The number of pyridine rings is 3. The molecule has 1 aliphatic rings. The van der Waals surface area contributed by atoms with Crippen LogP contribution in [0.15, 0.2) is 53.7 Å². The molecule has 202 valence electrons. The van der Waals surface area contributed by atoms with Gasteiger partial charge in [0.05, 0.1) is 17.4 Å². The molecule has 38 heavy (non-hydrogen) atoms. The van der Waals surface area contributed by atoms with Crippen molar-refractivity contribution in [1.82, 2.24) is 19.7 Å². The summed E-state index contributed by atoms with van der Waals surface area (Å²) in [7, 11) is -4.26. The number of nitrogens with one attached hydrogen (secondary N) is 1. The van der Waals surface area contributed by atoms with Gasteiger partial charge >= 0.3 is 0 Å². The highest BCUT2D eigenvalue weighted by molar-refractivity contribution is 7.90. The Kier molecular flexibility index (Phi) is 7.09. The molecule has 0 radical (unpaired) electrons. The van der Waals surface area contributed by atoms with Crippen LogP contribution in [-0.4, -0.2) is 47.5 Å². The molecule has 3 N–H and O–H groups in total. The summed E-state index contributed by atoms with van der Waals surface area (Å²) in [5.74, 6) is 0.130. The maximum Gasteiger partial charge on any atom is 0.281 e. The first-order valence-electron chi connectivity index (χ1n) is 12.4. The topological polar surface area (TPSA) is 140 Å². The highest BCUT2D eigenvalue weighted by atomic mass is 32.2. The highest BCUT2D eigenvalue weighted by Gasteiger charge is 2.45. The van der Waals surface area contributed by atoms with Crippen molar-refractivity contribution in [2.45, 2.75) is 64.6 Å². The molecule has 0 saturated carbocycles. The summed E-state index contributed by atoms with van der Waals surface area (Å²) in [6, 6.07) is 11.1. The number of anilines is 2. The zero-order chi connectivity index (χ0) is 27.9. The van der Waals surface area contributed by atoms with Gasteiger partial charge in [0.1, 0.15) is 11.6 Å². The molecule has 4 rings (SSSR count). The molecule has 3 aromatic rings. The first-order chi connectivity index (χ1) is 17.7. The molecule has 0 spiro atoms. The fourth-order valence-electron chi connectivity index (χ4n) is 4.97. The van der Waals surface area contributed by atoms with Crippen LogP contribution in [0.2, 0.25) is 0 Å². The fraction of sp³-hybridized carbons (Fsp3) is 0.407. The number of nitrogens with zero attached hydrogens (tertiary/aromatic N) is 4. The van der Waals surface area contributed by atoms with Crippen molar-refractivity contribution >= 4 is 27.6 Å². The number of carbonyl (C=O) groups excluding carboxylic acids is 1. The summed E-state index contributed by atoms with van der Waals surface area (Å²) < 4.78 is 33.6. The van der Waals surface area contributed by atoms with Crippen LogP contribution in [-0.2, 0) is 10.0 Å². The highest BCUT2D eigenvalue weighted by Crippen LogP contribution is 2.44. The molecular weight excluding hydrogens is 504 g/mol. The number of hydrogen-bond acceptors (Lipinski definition) is 9. The fourth-order valence-corrected chi connectivity index (χ4v) is 5.91. The van der Waals surface area contributed by atoms with Gasteiger partial charge < -0.3 is 15.4 Å². The minimum Gasteiger partial charge on any atom is -0.475 e. The predicted octanol–water partition coefficient (Wildman–Crippen LogP) is 4.04. The Balaban J connectivity index is 1.75. The van der Waals surface area contributed by atoms with Crippen molar-refractivity contribution in [1.29, 1.82) is 0 Å². The maximum absolute atomic E-state index is 13.4. The second-order valence-electron chi connectivity index (χ2n) is 11.2. The molecule has 1 saturated heterocycles. The van der Waals surface area contributed by atoms with E-state index in [4.69, 9.17) is 15.5 Å². The third-order valence-corrected chi connectivity index (χ3v) is 7.47. The average molecular weight is 539 g/mol. The van der Waals surface area contributed by atoms with Crippen LogP contribution >= 0.6 is 0 Å². The number of amides is 1. The van der Waals surface area contributed by atoms with Crippen LogP contribution in [0.1, 0.15) is 58.3 Å². The lowest BCUT2D eigenvalue weighted by Crippen LogP contribution is -2.41. The number of sulfonamides is 1. The lowest BCUT2D eigenvalue weighted by Gasteiger charge is -2.34. The second kappa shape index (κ2) is 9.86. The number of ether oxygens (including phenoxy) is 1. The van der Waals surface area contributed by atoms with E-state index in [2.05, 4.69) is 47.3 Å². The SMILES string of the molecule is CC(C)Oc1ccc(-c2ccc(C(=O)NS(=O)(=O)c3cccc(N)n3)c(N3CC(C)(C)CC3(C)C)n2)cn1. The van der Waals surface area contributed by atoms with E-state index in [-0.39, 0.29) is 33.5 Å². The Morgan fingerprint density at radius 2 is 1.82 bits per heavy atom. The van der Waals surface area contributed by atoms with Crippen molar-refractivity contribution in [2.24, 2.45) is 5.41 Å². The summed E-state index contributed by atoms with van der Waals surface area (Å²) in [4.78, 5) is 28.6. The standard InChI is InChI=1S/C27H34N6O4S/c1-17(2)37-22-13-10-18(14-29-22)20-12-11-19(24(30-20)33-16-26(3,4)15-27(33,5)6)25(34)32-38(35,36)23-9-7-8-21(28)31-23/h7-14,17H,15-16H2,1-6H3,(H2,28,31)(H,32,34). The first kappa shape index (κ1) is 27.3. The number of nitrogens with two attached hydrogens (primary N) is 1. The molecule has 10 nitrogen and oxygen atoms in total. The quantitative estimate of drug-likeness (QED) is 0.456. The largest absolute Gasteiger partial charge is 0.475 e. The summed E-state index contributed by atoms with van der Waals surface area (Å²) in [6.07, 6.45) is 2.52. The van der Waals surface area contributed by atoms with Gasteiger partial charge in [-0.1, -0.05) is 19.9 Å². The van der Waals surface area contributed by atoms with Gasteiger partial charge in [0.2, 0.25) is 5.88 Å². The zero-order valence-electron chi connectivity index (χ0n) is 22.5. The molecule has 1 amide bonds. The van der Waals surface area contributed by atoms with Gasteiger partial charge in [-0.05, 0) is 69.9 Å². The first-order valence-corrected chi connectivity index (χ1v) is 13.9. The van der Waals surface area contributed by atoms with E-state index in [9.17, 15) is 13.2 Å². The molecule has 0 unspecified atom stereocenters. The van der Waals surface area contributed by atoms with E-state index in [1.54, 1.807) is 24.4 Å². The van der Waals surface area contributed by atoms with Gasteiger partial charge in [0.25, 0.3) is 15.9 Å². The monoisotopic (exact) mass is 538 g/mol. The zero-order valence-corrected chi connectivity index (χ0v) is 23.3. The smallest absolute Gasteiger partial charge is 0.281 e. The maximum atomic E-state index is 13.4. The lowest BCUT2D eigenvalue weighted by atomic mass is 9.86. The van der Waals surface area contributed by atoms with E-state index >= 15 is 0 Å². The lowest BCUT2D eigenvalue weighted by molar-refractivity contribution is 0.0981. The normalized spacial score (nSPS) is 16.4. The summed E-state index contributed by atoms with van der Waals surface area (Å²) in [5.41, 5.74) is 6.76. The molecule has 4 heterocycles. The molecule has 0 aliphatic carbocycles. The second-order valence-corrected chi connectivity index (χ2v) is 12.8. The van der Waals surface area contributed by atoms with Gasteiger partial charge in [0.15, 0.2) is 5.03 Å². The Hall–Kier alpha value is -3.73. The summed E-state index contributed by atoms with van der Waals surface area (Å²) in [5, 5.41) is -0.339. The van der Waals surface area contributed by atoms with Gasteiger partial charge in [0, 0.05) is 29.9 Å². The van der Waals surface area contributed by atoms with Gasteiger partial charge in [-0.3, -0.25) is 4.79 Å². The Bertz CT molecular complexity index is 1450. The van der Waals surface area contributed by atoms with Crippen molar-refractivity contribution < 1.29 is 17.9 Å². The summed E-state index contributed by atoms with van der Waals surface area (Å²) in [6.45, 7) is 13.0. The molecule has 0 atom stereocenters. The third kappa shape index (κ3) is 5.88. The number of aromatic nitrogens is 3. The van der Waals surface area contributed by atoms with Crippen LogP contribution in [0, 0.1) is 5.41 Å². The van der Waals surface area contributed by atoms with Crippen LogP contribution < -0.4 is 20.1 Å². The molecule has 1 fully saturated rings. The van der Waals surface area contributed by atoms with Crippen molar-refractivity contribution in [3.05, 3.63) is 54.2 Å². The van der Waals surface area contributed by atoms with Crippen LogP contribution in [0.5, 0.6) is 5.88 Å². The number of hydrogen-bond donors (Lipinski definition) is 2. The van der Waals surface area contributed by atoms with Gasteiger partial charge in [-0.15, -0.1) is 0 Å². The average Bonchev–Trinajstić information content (AvgIpc) is 3.05. The molecule has 3 aromatic heterocycles. The van der Waals surface area contributed by atoms with E-state index in [0.29, 0.717) is 23.9 Å². The van der Waals surface area contributed by atoms with Crippen molar-refractivity contribution in [2.75, 3.05) is 17.2 Å². The van der Waals surface area contributed by atoms with Crippen LogP contribution in [0.3, 0.4) is 0 Å². The number of carbonyl (C=O) groups is 1. The van der Waals surface area contributed by atoms with E-state index in [1.165, 1.54) is 18.2 Å². The van der Waals surface area contributed by atoms with Crippen LogP contribution in [0.4, 0.5) is 11.6 Å². The van der Waals surface area contributed by atoms with Crippen LogP contribution in [0.25, 0.3) is 11.3 Å². The molecule has 0 aromatic carbocycles. The van der Waals surface area contributed by atoms with Crippen molar-refractivity contribution in [3.63, 3.8) is 0 Å². The third-order valence-electron chi connectivity index (χ3n) is 6.24.